The van der Waals surface area contributed by atoms with Crippen LogP contribution < -0.4 is 5.32 Å². The first-order chi connectivity index (χ1) is 6.22. The van der Waals surface area contributed by atoms with E-state index in [1.54, 1.807) is 0 Å². The average Bonchev–Trinajstić information content (AvgIpc) is 2.21. The van der Waals surface area contributed by atoms with Gasteiger partial charge in [-0.3, -0.25) is 4.79 Å². The molecule has 0 aromatic heterocycles. The van der Waals surface area contributed by atoms with E-state index in [-0.39, 0.29) is 6.04 Å². The van der Waals surface area contributed by atoms with Gasteiger partial charge in [0.25, 0.3) is 0 Å². The number of piperidine rings is 1. The van der Waals surface area contributed by atoms with E-state index < -0.39 is 5.91 Å². The molecule has 1 heterocycles. The fourth-order valence-corrected chi connectivity index (χ4v) is 1.28. The Hall–Kier alpha value is -0.640. The predicted molar refractivity (Wildman–Crippen MR) is 50.9 cm³/mol. The van der Waals surface area contributed by atoms with Gasteiger partial charge in [0, 0.05) is 13.5 Å². The van der Waals surface area contributed by atoms with Crippen LogP contribution in [0.4, 0.5) is 4.48 Å². The Kier molecular flexibility index (Phi) is 6.49. The van der Waals surface area contributed by atoms with Crippen molar-refractivity contribution in [3.05, 3.63) is 0 Å². The second-order valence-electron chi connectivity index (χ2n) is 2.83. The number of nitrogens with one attached hydrogen (secondary N) is 1. The third kappa shape index (κ3) is 4.22. The lowest BCUT2D eigenvalue weighted by molar-refractivity contribution is -0.150. The van der Waals surface area contributed by atoms with Crippen LogP contribution in [0.2, 0.25) is 0 Å². The summed E-state index contributed by atoms with van der Waals surface area (Å²) in [5.41, 5.74) is 0. The van der Waals surface area contributed by atoms with Crippen LogP contribution in [0.5, 0.6) is 0 Å². The van der Waals surface area contributed by atoms with Gasteiger partial charge in [0.05, 0.1) is 6.04 Å². The maximum atomic E-state index is 12.9. The van der Waals surface area contributed by atoms with Gasteiger partial charge in [0.15, 0.2) is 0 Å². The Bertz CT molecular complexity index is 147. The van der Waals surface area contributed by atoms with Crippen LogP contribution in [0, 0.1) is 0 Å². The van der Waals surface area contributed by atoms with Crippen molar-refractivity contribution in [2.24, 2.45) is 0 Å². The van der Waals surface area contributed by atoms with Crippen LogP contribution >= 0.6 is 0 Å². The highest BCUT2D eigenvalue weighted by Crippen LogP contribution is 2.10. The molecule has 3 nitrogen and oxygen atoms in total. The highest BCUT2D eigenvalue weighted by Gasteiger charge is 2.22. The van der Waals surface area contributed by atoms with Gasteiger partial charge < -0.3 is 5.32 Å². The van der Waals surface area contributed by atoms with Crippen LogP contribution in [-0.2, 0) is 4.79 Å². The number of nitrogens with zero attached hydrogens (tertiary/aromatic N) is 1. The van der Waals surface area contributed by atoms with Crippen molar-refractivity contribution >= 4 is 5.91 Å². The van der Waals surface area contributed by atoms with Gasteiger partial charge in [0.2, 0.25) is 5.91 Å². The van der Waals surface area contributed by atoms with Gasteiger partial charge in [-0.25, -0.2) is 0 Å². The summed E-state index contributed by atoms with van der Waals surface area (Å²) in [5, 5.41) is 3.36. The van der Waals surface area contributed by atoms with Crippen molar-refractivity contribution in [1.82, 2.24) is 10.4 Å². The molecule has 1 atom stereocenters. The minimum absolute atomic E-state index is 0.249. The highest BCUT2D eigenvalue weighted by atomic mass is 19.2. The van der Waals surface area contributed by atoms with E-state index in [0.717, 1.165) is 19.4 Å². The number of amides is 1. The summed E-state index contributed by atoms with van der Waals surface area (Å²) in [6.07, 6.45) is 1.71. The Morgan fingerprint density at radius 2 is 2.15 bits per heavy atom. The Morgan fingerprint density at radius 3 is 2.54 bits per heavy atom. The molecule has 1 N–H and O–H groups in total. The molecular formula is C9H19FN2O. The van der Waals surface area contributed by atoms with E-state index in [2.05, 4.69) is 5.32 Å². The van der Waals surface area contributed by atoms with Crippen molar-refractivity contribution in [2.45, 2.75) is 39.7 Å². The topological polar surface area (TPSA) is 32.3 Å². The highest BCUT2D eigenvalue weighted by molar-refractivity contribution is 5.72. The van der Waals surface area contributed by atoms with Crippen molar-refractivity contribution in [3.63, 3.8) is 0 Å². The molecule has 1 amide bonds. The van der Waals surface area contributed by atoms with Crippen molar-refractivity contribution in [2.75, 3.05) is 13.1 Å². The lowest BCUT2D eigenvalue weighted by Crippen LogP contribution is -2.43. The molecule has 0 aromatic carbocycles. The fraction of sp³-hybridized carbons (Fsp3) is 0.889. The summed E-state index contributed by atoms with van der Waals surface area (Å²) in [6, 6.07) is -0.249. The molecule has 1 fully saturated rings. The molecule has 0 saturated carbocycles. The third-order valence-corrected chi connectivity index (χ3v) is 1.89. The molecule has 0 aliphatic carbocycles. The van der Waals surface area contributed by atoms with E-state index in [1.807, 2.05) is 13.8 Å². The first-order valence-corrected chi connectivity index (χ1v) is 4.88. The van der Waals surface area contributed by atoms with Gasteiger partial charge in [-0.1, -0.05) is 18.3 Å². The second-order valence-corrected chi connectivity index (χ2v) is 2.83. The number of carbonyl (C=O) groups is 1. The molecule has 0 bridgehead atoms. The predicted octanol–water partition coefficient (Wildman–Crippen LogP) is 1.50. The molecule has 4 heteroatoms. The Morgan fingerprint density at radius 1 is 1.54 bits per heavy atom. The fourth-order valence-electron chi connectivity index (χ4n) is 1.28. The number of hydrogen-bond acceptors (Lipinski definition) is 2. The monoisotopic (exact) mass is 190 g/mol. The maximum Gasteiger partial charge on any atom is 0.247 e. The number of rotatable bonds is 1. The van der Waals surface area contributed by atoms with Crippen LogP contribution in [0.25, 0.3) is 0 Å². The molecule has 0 spiro atoms. The van der Waals surface area contributed by atoms with Crippen molar-refractivity contribution in [1.29, 1.82) is 0 Å². The summed E-state index contributed by atoms with van der Waals surface area (Å²) in [7, 11) is 0. The quantitative estimate of drug-likeness (QED) is 0.635. The summed E-state index contributed by atoms with van der Waals surface area (Å²) < 4.78 is 12.9. The van der Waals surface area contributed by atoms with E-state index in [0.29, 0.717) is 11.7 Å². The SMILES string of the molecule is CC.CC(=O)N(F)C1CCCNC1. The summed E-state index contributed by atoms with van der Waals surface area (Å²) in [5.74, 6) is -0.501. The van der Waals surface area contributed by atoms with Crippen LogP contribution in [0.1, 0.15) is 33.6 Å². The van der Waals surface area contributed by atoms with Gasteiger partial charge in [-0.2, -0.15) is 5.12 Å². The van der Waals surface area contributed by atoms with Gasteiger partial charge in [-0.05, 0) is 19.4 Å². The Labute approximate surface area is 79.2 Å². The van der Waals surface area contributed by atoms with Gasteiger partial charge in [0.1, 0.15) is 0 Å². The number of hydrogen-bond donors (Lipinski definition) is 1. The van der Waals surface area contributed by atoms with E-state index >= 15 is 0 Å². The normalized spacial score (nSPS) is 21.4. The minimum atomic E-state index is -0.501. The molecule has 78 valence electrons. The standard InChI is InChI=1S/C7H13FN2O.C2H6/c1-6(11)10(8)7-3-2-4-9-5-7;1-2/h7,9H,2-5H2,1H3;1-2H3. The number of halogens is 1. The zero-order valence-electron chi connectivity index (χ0n) is 8.64. The second kappa shape index (κ2) is 6.83. The van der Waals surface area contributed by atoms with Gasteiger partial charge in [-0.15, -0.1) is 0 Å². The smallest absolute Gasteiger partial charge is 0.247 e. The molecule has 1 unspecified atom stereocenters. The van der Waals surface area contributed by atoms with Crippen LogP contribution in [0.15, 0.2) is 0 Å². The summed E-state index contributed by atoms with van der Waals surface area (Å²) in [6.45, 7) is 6.76. The molecule has 0 aromatic rings. The first-order valence-electron chi connectivity index (χ1n) is 4.88. The molecule has 0 radical (unpaired) electrons. The molecule has 1 saturated heterocycles. The van der Waals surface area contributed by atoms with E-state index in [9.17, 15) is 9.28 Å². The van der Waals surface area contributed by atoms with Crippen LogP contribution in [0.3, 0.4) is 0 Å². The largest absolute Gasteiger partial charge is 0.315 e. The van der Waals surface area contributed by atoms with Crippen LogP contribution in [-0.4, -0.2) is 30.2 Å². The average molecular weight is 190 g/mol. The lowest BCUT2D eigenvalue weighted by Gasteiger charge is -2.26. The summed E-state index contributed by atoms with van der Waals surface area (Å²) >= 11 is 0. The molecule has 1 aliphatic rings. The molecule has 1 rings (SSSR count). The number of carbonyl (C=O) groups excluding carboxylic acids is 1. The lowest BCUT2D eigenvalue weighted by atomic mass is 10.1. The maximum absolute atomic E-state index is 12.9. The van der Waals surface area contributed by atoms with Crippen molar-refractivity contribution < 1.29 is 9.28 Å². The van der Waals surface area contributed by atoms with E-state index in [4.69, 9.17) is 0 Å². The van der Waals surface area contributed by atoms with E-state index in [1.165, 1.54) is 6.92 Å². The summed E-state index contributed by atoms with van der Waals surface area (Å²) in [4.78, 5) is 10.6. The molecular weight excluding hydrogens is 171 g/mol. The molecule has 1 aliphatic heterocycles. The van der Waals surface area contributed by atoms with Gasteiger partial charge >= 0.3 is 0 Å². The zero-order valence-corrected chi connectivity index (χ0v) is 8.64. The minimum Gasteiger partial charge on any atom is -0.315 e. The Balaban J connectivity index is 0.000000671. The zero-order chi connectivity index (χ0) is 10.3. The third-order valence-electron chi connectivity index (χ3n) is 1.89. The molecule has 13 heavy (non-hydrogen) atoms. The van der Waals surface area contributed by atoms with Crippen molar-refractivity contribution in [3.8, 4) is 0 Å². The first kappa shape index (κ1) is 12.4.